The first kappa shape index (κ1) is 30.0. The highest BCUT2D eigenvalue weighted by atomic mass is 19.1. The lowest BCUT2D eigenvalue weighted by molar-refractivity contribution is -0.137. The number of aryl methyl sites for hydroxylation is 1. The van der Waals surface area contributed by atoms with Gasteiger partial charge in [0.05, 0.1) is 19.1 Å². The van der Waals surface area contributed by atoms with E-state index >= 15 is 0 Å². The van der Waals surface area contributed by atoms with Gasteiger partial charge in [-0.15, -0.1) is 0 Å². The van der Waals surface area contributed by atoms with Crippen molar-refractivity contribution in [1.29, 1.82) is 0 Å². The predicted octanol–water partition coefficient (Wildman–Crippen LogP) is 2.96. The fourth-order valence-electron chi connectivity index (χ4n) is 4.17. The Labute approximate surface area is 228 Å². The van der Waals surface area contributed by atoms with E-state index in [1.54, 1.807) is 19.2 Å². The molecule has 2 aliphatic carbocycles. The van der Waals surface area contributed by atoms with Crippen LogP contribution < -0.4 is 20.7 Å². The highest BCUT2D eigenvalue weighted by molar-refractivity contribution is 5.89. The van der Waals surface area contributed by atoms with Gasteiger partial charge in [-0.3, -0.25) is 14.4 Å². The smallest absolute Gasteiger partial charge is 0.240 e. The van der Waals surface area contributed by atoms with E-state index in [4.69, 9.17) is 4.74 Å². The van der Waals surface area contributed by atoms with Crippen LogP contribution in [0, 0.1) is 11.7 Å². The Bertz CT molecular complexity index is 1110. The van der Waals surface area contributed by atoms with Gasteiger partial charge in [-0.05, 0) is 68.7 Å². The molecule has 0 aromatic heterocycles. The van der Waals surface area contributed by atoms with E-state index < -0.39 is 0 Å². The van der Waals surface area contributed by atoms with Gasteiger partial charge in [-0.2, -0.15) is 0 Å². The van der Waals surface area contributed by atoms with Gasteiger partial charge < -0.3 is 25.6 Å². The predicted molar refractivity (Wildman–Crippen MR) is 145 cm³/mol. The van der Waals surface area contributed by atoms with E-state index in [0.717, 1.165) is 24.8 Å². The summed E-state index contributed by atoms with van der Waals surface area (Å²) in [6, 6.07) is 4.04. The van der Waals surface area contributed by atoms with Gasteiger partial charge in [0.1, 0.15) is 24.0 Å². The Hall–Kier alpha value is -3.53. The minimum Gasteiger partial charge on any atom is -0.492 e. The Morgan fingerprint density at radius 2 is 1.82 bits per heavy atom. The van der Waals surface area contributed by atoms with Crippen LogP contribution >= 0.6 is 0 Å². The van der Waals surface area contributed by atoms with Crippen LogP contribution in [-0.2, 0) is 20.8 Å². The summed E-state index contributed by atoms with van der Waals surface area (Å²) < 4.78 is 31.8. The molecule has 1 saturated carbocycles. The summed E-state index contributed by atoms with van der Waals surface area (Å²) >= 11 is 0. The molecule has 1 unspecified atom stereocenters. The number of likely N-dealkylation sites (N-methyl/N-ethyl adjacent to an activating group) is 1. The summed E-state index contributed by atoms with van der Waals surface area (Å²) in [4.78, 5) is 38.2. The summed E-state index contributed by atoms with van der Waals surface area (Å²) in [6.45, 7) is 2.87. The summed E-state index contributed by atoms with van der Waals surface area (Å²) in [5.41, 5.74) is 2.05. The molecule has 0 spiro atoms. The lowest BCUT2D eigenvalue weighted by atomic mass is 10.1. The number of halogens is 2. The number of amides is 3. The molecule has 39 heavy (non-hydrogen) atoms. The van der Waals surface area contributed by atoms with Crippen molar-refractivity contribution >= 4 is 17.7 Å². The number of hydrogen-bond acceptors (Lipinski definition) is 5. The normalized spacial score (nSPS) is 21.8. The molecule has 8 nitrogen and oxygen atoms in total. The topological polar surface area (TPSA) is 99.8 Å². The Morgan fingerprint density at radius 1 is 1.03 bits per heavy atom. The van der Waals surface area contributed by atoms with E-state index in [2.05, 4.69) is 16.0 Å². The second kappa shape index (κ2) is 15.2. The Kier molecular flexibility index (Phi) is 11.7. The lowest BCUT2D eigenvalue weighted by Gasteiger charge is -2.24. The zero-order chi connectivity index (χ0) is 28.2. The first-order valence-electron chi connectivity index (χ1n) is 13.4. The number of allylic oxidation sites excluding steroid dienone is 6. The van der Waals surface area contributed by atoms with Gasteiger partial charge in [-0.1, -0.05) is 23.8 Å². The first-order valence-corrected chi connectivity index (χ1v) is 13.4. The van der Waals surface area contributed by atoms with Crippen LogP contribution in [0.5, 0.6) is 5.75 Å². The third kappa shape index (κ3) is 10.6. The molecule has 3 aliphatic rings. The van der Waals surface area contributed by atoms with Gasteiger partial charge >= 0.3 is 0 Å². The molecule has 0 bridgehead atoms. The molecule has 4 rings (SSSR count). The zero-order valence-corrected chi connectivity index (χ0v) is 22.6. The minimum atomic E-state index is -0.388. The van der Waals surface area contributed by atoms with Gasteiger partial charge in [0.25, 0.3) is 0 Å². The maximum atomic E-state index is 13.7. The molecule has 1 atom stereocenters. The van der Waals surface area contributed by atoms with Gasteiger partial charge in [-0.25, -0.2) is 8.78 Å². The molecule has 3 amide bonds. The molecule has 1 aliphatic heterocycles. The maximum absolute atomic E-state index is 13.7. The number of nitrogens with one attached hydrogen (secondary N) is 3. The number of rotatable bonds is 1. The largest absolute Gasteiger partial charge is 0.492 e. The van der Waals surface area contributed by atoms with E-state index in [-0.39, 0.29) is 61.0 Å². The molecule has 1 fully saturated rings. The van der Waals surface area contributed by atoms with Crippen LogP contribution in [0.4, 0.5) is 8.78 Å². The van der Waals surface area contributed by atoms with Crippen LogP contribution in [0.3, 0.4) is 0 Å². The average Bonchev–Trinajstić information content (AvgIpc) is 3.75. The SMILES string of the molecule is CC1=CC=C(F)C=CC1.CN1CC(=O)NCC(=O)NCCCc2ccc(F)cc2OCCNC(C2CC2)C1=O. The van der Waals surface area contributed by atoms with E-state index in [9.17, 15) is 23.2 Å². The van der Waals surface area contributed by atoms with Crippen molar-refractivity contribution in [2.45, 2.75) is 45.1 Å². The standard InChI is InChI=1S/C21H29FN4O4.C8H9F/c1-26-13-19(28)25-12-18(27)23-8-2-3-14-6-7-16(22)11-17(14)30-10-9-24-20(21(26)29)15-4-5-15;1-7-3-2-4-8(9)6-5-7/h6-7,11,15,20,24H,2-5,8-10,12-13H2,1H3,(H,23,27)(H,25,28);2,4-6H,3H2,1H3. The van der Waals surface area contributed by atoms with E-state index in [0.29, 0.717) is 31.7 Å². The Morgan fingerprint density at radius 3 is 2.59 bits per heavy atom. The van der Waals surface area contributed by atoms with Crippen LogP contribution in [0.2, 0.25) is 0 Å². The Balaban J connectivity index is 0.000000395. The third-order valence-electron chi connectivity index (χ3n) is 6.50. The van der Waals surface area contributed by atoms with Crippen molar-refractivity contribution in [3.63, 3.8) is 0 Å². The average molecular weight is 545 g/mol. The highest BCUT2D eigenvalue weighted by Gasteiger charge is 2.37. The van der Waals surface area contributed by atoms with E-state index in [1.807, 2.05) is 13.0 Å². The monoisotopic (exact) mass is 544 g/mol. The second-order valence-corrected chi connectivity index (χ2v) is 9.97. The summed E-state index contributed by atoms with van der Waals surface area (Å²) in [7, 11) is 1.58. The second-order valence-electron chi connectivity index (χ2n) is 9.97. The number of benzene rings is 1. The summed E-state index contributed by atoms with van der Waals surface area (Å²) in [6.07, 6.45) is 10.7. The molecular weight excluding hydrogens is 506 g/mol. The number of hydrogen-bond donors (Lipinski definition) is 3. The zero-order valence-electron chi connectivity index (χ0n) is 22.6. The number of ether oxygens (including phenoxy) is 1. The van der Waals surface area contributed by atoms with Crippen molar-refractivity contribution in [2.24, 2.45) is 5.92 Å². The third-order valence-corrected chi connectivity index (χ3v) is 6.50. The fraction of sp³-hybridized carbons (Fsp3) is 0.483. The van der Waals surface area contributed by atoms with Crippen molar-refractivity contribution in [2.75, 3.05) is 39.8 Å². The molecule has 212 valence electrons. The number of nitrogens with zero attached hydrogens (tertiary/aromatic N) is 1. The van der Waals surface area contributed by atoms with E-state index in [1.165, 1.54) is 34.8 Å². The quantitative estimate of drug-likeness (QED) is 0.505. The molecule has 1 aromatic carbocycles. The molecule has 10 heteroatoms. The number of carbonyl (C=O) groups is 3. The van der Waals surface area contributed by atoms with Crippen LogP contribution in [-0.4, -0.2) is 68.5 Å². The molecule has 1 heterocycles. The van der Waals surface area contributed by atoms with Gasteiger partial charge in [0.15, 0.2) is 0 Å². The van der Waals surface area contributed by atoms with Crippen LogP contribution in [0.15, 0.2) is 53.9 Å². The number of fused-ring (bicyclic) bond motifs is 1. The van der Waals surface area contributed by atoms with Crippen molar-refractivity contribution < 1.29 is 27.9 Å². The fourth-order valence-corrected chi connectivity index (χ4v) is 4.17. The lowest BCUT2D eigenvalue weighted by Crippen LogP contribution is -2.50. The molecule has 1 aromatic rings. The van der Waals surface area contributed by atoms with Crippen molar-refractivity contribution in [1.82, 2.24) is 20.9 Å². The van der Waals surface area contributed by atoms with Gasteiger partial charge in [0.2, 0.25) is 17.7 Å². The first-order chi connectivity index (χ1) is 18.7. The molecule has 3 N–H and O–H groups in total. The van der Waals surface area contributed by atoms with Crippen LogP contribution in [0.1, 0.15) is 38.2 Å². The minimum absolute atomic E-state index is 0.111. The molecular formula is C29H38F2N4O4. The highest BCUT2D eigenvalue weighted by Crippen LogP contribution is 2.33. The van der Waals surface area contributed by atoms with Crippen LogP contribution in [0.25, 0.3) is 0 Å². The summed E-state index contributed by atoms with van der Waals surface area (Å²) in [5.74, 6) is -0.661. The maximum Gasteiger partial charge on any atom is 0.240 e. The summed E-state index contributed by atoms with van der Waals surface area (Å²) in [5, 5.41) is 8.51. The van der Waals surface area contributed by atoms with Crippen molar-refractivity contribution in [3.8, 4) is 5.75 Å². The molecule has 0 saturated heterocycles. The van der Waals surface area contributed by atoms with Gasteiger partial charge in [0, 0.05) is 26.2 Å². The number of carbonyl (C=O) groups excluding carboxylic acids is 3. The molecule has 0 radical (unpaired) electrons. The van der Waals surface area contributed by atoms with Crippen molar-refractivity contribution in [3.05, 3.63) is 65.3 Å².